The number of hydrogen-bond donors (Lipinski definition) is 0. The highest BCUT2D eigenvalue weighted by atomic mass is 32.2. The third kappa shape index (κ3) is 3.94. The van der Waals surface area contributed by atoms with Gasteiger partial charge in [-0.25, -0.2) is 13.2 Å². The Morgan fingerprint density at radius 2 is 1.75 bits per heavy atom. The van der Waals surface area contributed by atoms with Crippen LogP contribution in [-0.4, -0.2) is 43.7 Å². The first kappa shape index (κ1) is 20.5. The van der Waals surface area contributed by atoms with Crippen molar-refractivity contribution in [2.45, 2.75) is 24.3 Å². The maximum absolute atomic E-state index is 12.6. The van der Waals surface area contributed by atoms with Gasteiger partial charge < -0.3 is 18.7 Å². The summed E-state index contributed by atoms with van der Waals surface area (Å²) in [5.74, 6) is 1.22. The fraction of sp³-hybridized carbons (Fsp3) is 0.273. The smallest absolute Gasteiger partial charge is 0.338 e. The van der Waals surface area contributed by atoms with Gasteiger partial charge in [0.1, 0.15) is 12.3 Å². The Morgan fingerprint density at radius 1 is 1.00 bits per heavy atom. The molecule has 3 aromatic rings. The Kier molecular flexibility index (Phi) is 5.32. The molecule has 0 atom stereocenters. The monoisotopic (exact) mass is 456 g/mol. The Morgan fingerprint density at radius 3 is 2.53 bits per heavy atom. The number of hydrogen-bond acceptors (Lipinski definition) is 8. The van der Waals surface area contributed by atoms with Crippen molar-refractivity contribution in [3.05, 3.63) is 59.8 Å². The number of rotatable bonds is 6. The number of esters is 1. The first-order valence-electron chi connectivity index (χ1n) is 10.1. The van der Waals surface area contributed by atoms with Crippen LogP contribution in [0.3, 0.4) is 0 Å². The Hall–Kier alpha value is -3.37. The molecule has 2 aliphatic rings. The summed E-state index contributed by atoms with van der Waals surface area (Å²) >= 11 is 0. The molecule has 0 aliphatic carbocycles. The van der Waals surface area contributed by atoms with Gasteiger partial charge in [-0.2, -0.15) is 4.31 Å². The van der Waals surface area contributed by atoms with Gasteiger partial charge in [0, 0.05) is 24.7 Å². The predicted molar refractivity (Wildman–Crippen MR) is 112 cm³/mol. The summed E-state index contributed by atoms with van der Waals surface area (Å²) in [6, 6.07) is 12.8. The largest absolute Gasteiger partial charge is 0.455 e. The number of aromatic nitrogens is 1. The minimum absolute atomic E-state index is 0.0826. The molecule has 9 nitrogen and oxygen atoms in total. The first-order valence-corrected chi connectivity index (χ1v) is 11.6. The van der Waals surface area contributed by atoms with Crippen LogP contribution in [0.1, 0.15) is 28.9 Å². The summed E-state index contributed by atoms with van der Waals surface area (Å²) in [5, 5.41) is 3.93. The summed E-state index contributed by atoms with van der Waals surface area (Å²) in [7, 11) is -3.52. The molecule has 0 unspecified atom stereocenters. The minimum Gasteiger partial charge on any atom is -0.455 e. The highest BCUT2D eigenvalue weighted by Crippen LogP contribution is 2.36. The molecule has 0 amide bonds. The maximum Gasteiger partial charge on any atom is 0.338 e. The third-order valence-corrected chi connectivity index (χ3v) is 7.27. The molecular weight excluding hydrogens is 436 g/mol. The van der Waals surface area contributed by atoms with Crippen LogP contribution in [0.5, 0.6) is 11.5 Å². The molecule has 0 N–H and O–H groups in total. The lowest BCUT2D eigenvalue weighted by Gasteiger charge is -2.15. The molecule has 32 heavy (non-hydrogen) atoms. The van der Waals surface area contributed by atoms with Gasteiger partial charge in [0.05, 0.1) is 10.5 Å². The van der Waals surface area contributed by atoms with E-state index < -0.39 is 16.0 Å². The summed E-state index contributed by atoms with van der Waals surface area (Å²) in [5.41, 5.74) is 1.46. The van der Waals surface area contributed by atoms with Gasteiger partial charge in [-0.15, -0.1) is 0 Å². The Balaban J connectivity index is 1.22. The summed E-state index contributed by atoms with van der Waals surface area (Å²) in [6.45, 7) is 1.15. The van der Waals surface area contributed by atoms with E-state index in [1.807, 2.05) is 6.07 Å². The SMILES string of the molecule is O=C(OCc1cc(-c2ccc3c(c2)OCO3)on1)c1ccc(S(=O)(=O)N2CCCC2)cc1. The molecule has 1 aromatic heterocycles. The van der Waals surface area contributed by atoms with Crippen LogP contribution in [0, 0.1) is 0 Å². The van der Waals surface area contributed by atoms with Crippen molar-refractivity contribution in [1.29, 1.82) is 0 Å². The lowest BCUT2D eigenvalue weighted by molar-refractivity contribution is 0.0464. The average Bonchev–Trinajstić information content (AvgIpc) is 3.58. The van der Waals surface area contributed by atoms with E-state index in [0.29, 0.717) is 36.0 Å². The third-order valence-electron chi connectivity index (χ3n) is 5.36. The van der Waals surface area contributed by atoms with E-state index in [2.05, 4.69) is 5.16 Å². The van der Waals surface area contributed by atoms with Gasteiger partial charge >= 0.3 is 5.97 Å². The van der Waals surface area contributed by atoms with E-state index in [1.165, 1.54) is 28.6 Å². The number of carbonyl (C=O) groups is 1. The number of ether oxygens (including phenoxy) is 3. The van der Waals surface area contributed by atoms with Crippen molar-refractivity contribution in [1.82, 2.24) is 9.46 Å². The van der Waals surface area contributed by atoms with Gasteiger partial charge in [-0.3, -0.25) is 0 Å². The Labute approximate surface area is 184 Å². The number of fused-ring (bicyclic) bond motifs is 1. The summed E-state index contributed by atoms with van der Waals surface area (Å²) in [4.78, 5) is 12.5. The van der Waals surface area contributed by atoms with Gasteiger partial charge in [0.15, 0.2) is 17.3 Å². The van der Waals surface area contributed by atoms with Crippen LogP contribution in [0.2, 0.25) is 0 Å². The quantitative estimate of drug-likeness (QED) is 0.521. The minimum atomic E-state index is -3.52. The van der Waals surface area contributed by atoms with Crippen LogP contribution in [0.25, 0.3) is 11.3 Å². The second-order valence-corrected chi connectivity index (χ2v) is 9.40. The zero-order chi connectivity index (χ0) is 22.1. The molecule has 0 bridgehead atoms. The van der Waals surface area contributed by atoms with Crippen molar-refractivity contribution in [3.8, 4) is 22.8 Å². The predicted octanol–water partition coefficient (Wildman–Crippen LogP) is 3.21. The van der Waals surface area contributed by atoms with Gasteiger partial charge in [0.25, 0.3) is 0 Å². The van der Waals surface area contributed by atoms with Crippen molar-refractivity contribution in [2.24, 2.45) is 0 Å². The zero-order valence-corrected chi connectivity index (χ0v) is 17.8. The highest BCUT2D eigenvalue weighted by molar-refractivity contribution is 7.89. The van der Waals surface area contributed by atoms with E-state index in [-0.39, 0.29) is 23.9 Å². The van der Waals surface area contributed by atoms with Gasteiger partial charge in [0.2, 0.25) is 16.8 Å². The standard InChI is InChI=1S/C22H20N2O7S/c25-22(15-3-6-18(7-4-15)32(26,27)24-9-1-2-10-24)28-13-17-12-20(31-23-17)16-5-8-19-21(11-16)30-14-29-19/h3-8,11-12H,1-2,9-10,13-14H2. The average molecular weight is 456 g/mol. The normalized spacial score (nSPS) is 15.8. The number of sulfonamides is 1. The van der Waals surface area contributed by atoms with Crippen molar-refractivity contribution >= 4 is 16.0 Å². The lowest BCUT2D eigenvalue weighted by Crippen LogP contribution is -2.27. The van der Waals surface area contributed by atoms with Crippen LogP contribution >= 0.6 is 0 Å². The number of carbonyl (C=O) groups excluding carboxylic acids is 1. The second-order valence-electron chi connectivity index (χ2n) is 7.46. The molecule has 0 radical (unpaired) electrons. The lowest BCUT2D eigenvalue weighted by atomic mass is 10.1. The second kappa shape index (κ2) is 8.29. The molecule has 5 rings (SSSR count). The molecule has 10 heteroatoms. The Bertz CT molecular complexity index is 1250. The molecule has 166 valence electrons. The summed E-state index contributed by atoms with van der Waals surface area (Å²) < 4.78 is 47.9. The van der Waals surface area contributed by atoms with Crippen molar-refractivity contribution in [2.75, 3.05) is 19.9 Å². The fourth-order valence-corrected chi connectivity index (χ4v) is 5.15. The fourth-order valence-electron chi connectivity index (χ4n) is 3.63. The van der Waals surface area contributed by atoms with Crippen LogP contribution < -0.4 is 9.47 Å². The van der Waals surface area contributed by atoms with E-state index in [1.54, 1.807) is 18.2 Å². The van der Waals surface area contributed by atoms with Crippen LogP contribution in [0.15, 0.2) is 57.9 Å². The van der Waals surface area contributed by atoms with Gasteiger partial charge in [-0.05, 0) is 55.3 Å². The van der Waals surface area contributed by atoms with E-state index in [4.69, 9.17) is 18.7 Å². The molecular formula is C22H20N2O7S. The molecule has 1 saturated heterocycles. The van der Waals surface area contributed by atoms with E-state index in [0.717, 1.165) is 18.4 Å². The van der Waals surface area contributed by atoms with Gasteiger partial charge in [-0.1, -0.05) is 5.16 Å². The molecule has 3 heterocycles. The van der Waals surface area contributed by atoms with Crippen molar-refractivity contribution < 1.29 is 31.9 Å². The summed E-state index contributed by atoms with van der Waals surface area (Å²) in [6.07, 6.45) is 1.73. The number of benzene rings is 2. The number of nitrogens with zero attached hydrogens (tertiary/aromatic N) is 2. The molecule has 0 spiro atoms. The molecule has 2 aromatic carbocycles. The van der Waals surface area contributed by atoms with Crippen LogP contribution in [0.4, 0.5) is 0 Å². The molecule has 2 aliphatic heterocycles. The van der Waals surface area contributed by atoms with Crippen molar-refractivity contribution in [3.63, 3.8) is 0 Å². The molecule has 1 fully saturated rings. The van der Waals surface area contributed by atoms with E-state index >= 15 is 0 Å². The zero-order valence-electron chi connectivity index (χ0n) is 17.0. The topological polar surface area (TPSA) is 108 Å². The maximum atomic E-state index is 12.6. The van der Waals surface area contributed by atoms with E-state index in [9.17, 15) is 13.2 Å². The highest BCUT2D eigenvalue weighted by Gasteiger charge is 2.27. The first-order chi connectivity index (χ1) is 15.5. The molecule has 0 saturated carbocycles. The van der Waals surface area contributed by atoms with Crippen LogP contribution in [-0.2, 0) is 21.4 Å².